The smallest absolute Gasteiger partial charge is 0.133 e. The quantitative estimate of drug-likeness (QED) is 0.492. The largest absolute Gasteiger partial charge is 0.377 e. The van der Waals surface area contributed by atoms with Gasteiger partial charge in [0.15, 0.2) is 0 Å². The minimum atomic E-state index is -0.602. The first-order valence-corrected chi connectivity index (χ1v) is 4.39. The van der Waals surface area contributed by atoms with Crippen molar-refractivity contribution < 1.29 is 5.11 Å². The van der Waals surface area contributed by atoms with Gasteiger partial charge in [-0.3, -0.25) is 0 Å². The van der Waals surface area contributed by atoms with Crippen LogP contribution in [0.3, 0.4) is 0 Å². The van der Waals surface area contributed by atoms with E-state index in [4.69, 9.17) is 0 Å². The molecular formula is C11H18O. The molecule has 1 nitrogen and oxygen atoms in total. The van der Waals surface area contributed by atoms with E-state index in [2.05, 4.69) is 25.7 Å². The summed E-state index contributed by atoms with van der Waals surface area (Å²) in [5.41, 5.74) is 0. The fourth-order valence-electron chi connectivity index (χ4n) is 0.628. The van der Waals surface area contributed by atoms with Crippen LogP contribution in [0.15, 0.2) is 12.2 Å². The van der Waals surface area contributed by atoms with E-state index in [1.165, 1.54) is 0 Å². The van der Waals surface area contributed by atoms with Crippen LogP contribution in [-0.4, -0.2) is 11.2 Å². The number of hydrogen-bond donors (Lipinski definition) is 1. The summed E-state index contributed by atoms with van der Waals surface area (Å²) in [4.78, 5) is 0. The summed E-state index contributed by atoms with van der Waals surface area (Å²) in [7, 11) is 0. The molecule has 68 valence electrons. The van der Waals surface area contributed by atoms with Gasteiger partial charge in [0.2, 0.25) is 0 Å². The highest BCUT2D eigenvalue weighted by Crippen LogP contribution is 1.95. The topological polar surface area (TPSA) is 20.2 Å². The Hall–Kier alpha value is -0.740. The van der Waals surface area contributed by atoms with Gasteiger partial charge in [-0.25, -0.2) is 0 Å². The van der Waals surface area contributed by atoms with Gasteiger partial charge in [-0.15, -0.1) is 0 Å². The van der Waals surface area contributed by atoms with E-state index in [1.807, 2.05) is 19.9 Å². The molecular weight excluding hydrogens is 148 g/mol. The Balaban J connectivity index is 3.91. The number of aliphatic hydroxyl groups is 1. The van der Waals surface area contributed by atoms with Crippen molar-refractivity contribution in [3.05, 3.63) is 12.2 Å². The van der Waals surface area contributed by atoms with Crippen LogP contribution >= 0.6 is 0 Å². The van der Waals surface area contributed by atoms with Crippen molar-refractivity contribution in [1.82, 2.24) is 0 Å². The van der Waals surface area contributed by atoms with Crippen molar-refractivity contribution in [3.8, 4) is 11.8 Å². The van der Waals surface area contributed by atoms with Gasteiger partial charge < -0.3 is 5.11 Å². The molecule has 0 aromatic rings. The third-order valence-electron chi connectivity index (χ3n) is 1.20. The Morgan fingerprint density at radius 1 is 1.00 bits per heavy atom. The summed E-state index contributed by atoms with van der Waals surface area (Å²) >= 11 is 0. The van der Waals surface area contributed by atoms with E-state index in [0.29, 0.717) is 11.8 Å². The Morgan fingerprint density at radius 3 is 2.00 bits per heavy atom. The van der Waals surface area contributed by atoms with Crippen molar-refractivity contribution in [2.24, 2.45) is 11.8 Å². The van der Waals surface area contributed by atoms with Crippen LogP contribution in [-0.2, 0) is 0 Å². The zero-order valence-electron chi connectivity index (χ0n) is 8.33. The lowest BCUT2D eigenvalue weighted by molar-refractivity contribution is 0.279. The first kappa shape index (κ1) is 11.3. The lowest BCUT2D eigenvalue weighted by atomic mass is 10.1. The minimum Gasteiger partial charge on any atom is -0.377 e. The molecule has 0 heterocycles. The first-order valence-electron chi connectivity index (χ1n) is 4.39. The molecule has 1 heteroatoms. The van der Waals surface area contributed by atoms with Crippen molar-refractivity contribution in [2.75, 3.05) is 0 Å². The van der Waals surface area contributed by atoms with Crippen LogP contribution in [0.1, 0.15) is 27.7 Å². The molecule has 0 amide bonds. The van der Waals surface area contributed by atoms with Gasteiger partial charge in [0.25, 0.3) is 0 Å². The number of rotatable bonds is 2. The molecule has 0 saturated carbocycles. The van der Waals surface area contributed by atoms with Crippen LogP contribution < -0.4 is 0 Å². The maximum Gasteiger partial charge on any atom is 0.133 e. The van der Waals surface area contributed by atoms with Gasteiger partial charge in [-0.1, -0.05) is 45.6 Å². The van der Waals surface area contributed by atoms with E-state index in [-0.39, 0.29) is 0 Å². The predicted molar refractivity (Wildman–Crippen MR) is 52.6 cm³/mol. The Labute approximate surface area is 75.5 Å². The van der Waals surface area contributed by atoms with Gasteiger partial charge in [-0.05, 0) is 12.0 Å². The number of aliphatic hydroxyl groups excluding tert-OH is 1. The van der Waals surface area contributed by atoms with Crippen LogP contribution in [0.4, 0.5) is 0 Å². The van der Waals surface area contributed by atoms with Crippen LogP contribution in [0.25, 0.3) is 0 Å². The summed E-state index contributed by atoms with van der Waals surface area (Å²) in [6.45, 7) is 8.15. The Bertz CT molecular complexity index is 191. The van der Waals surface area contributed by atoms with Crippen molar-refractivity contribution in [2.45, 2.75) is 33.8 Å². The molecule has 0 aromatic carbocycles. The highest BCUT2D eigenvalue weighted by Gasteiger charge is 1.92. The van der Waals surface area contributed by atoms with E-state index in [1.54, 1.807) is 6.08 Å². The van der Waals surface area contributed by atoms with E-state index in [0.717, 1.165) is 0 Å². The standard InChI is InChI=1S/C11H18O/c1-9(2)5-7-11(12)8-6-10(3)4/h5,7,9-12H,1-4H3/b7-5+. The average Bonchev–Trinajstić information content (AvgIpc) is 1.96. The fourth-order valence-corrected chi connectivity index (χ4v) is 0.628. The highest BCUT2D eigenvalue weighted by molar-refractivity contribution is 5.13. The molecule has 0 bridgehead atoms. The van der Waals surface area contributed by atoms with Gasteiger partial charge >= 0.3 is 0 Å². The SMILES string of the molecule is CC(C)C#CC(O)/C=C/C(C)C. The van der Waals surface area contributed by atoms with E-state index >= 15 is 0 Å². The normalized spacial score (nSPS) is 13.6. The summed E-state index contributed by atoms with van der Waals surface area (Å²) in [6.07, 6.45) is 3.09. The second kappa shape index (κ2) is 5.85. The highest BCUT2D eigenvalue weighted by atomic mass is 16.3. The average molecular weight is 166 g/mol. The second-order valence-electron chi connectivity index (χ2n) is 3.52. The molecule has 0 saturated heterocycles. The first-order chi connectivity index (χ1) is 5.52. The summed E-state index contributed by atoms with van der Waals surface area (Å²) in [5, 5.41) is 9.29. The summed E-state index contributed by atoms with van der Waals surface area (Å²) < 4.78 is 0. The van der Waals surface area contributed by atoms with Gasteiger partial charge in [0.1, 0.15) is 6.10 Å². The molecule has 0 radical (unpaired) electrons. The van der Waals surface area contributed by atoms with Crippen LogP contribution in [0.5, 0.6) is 0 Å². The molecule has 12 heavy (non-hydrogen) atoms. The molecule has 0 aromatic heterocycles. The third-order valence-corrected chi connectivity index (χ3v) is 1.20. The van der Waals surface area contributed by atoms with Crippen molar-refractivity contribution in [3.63, 3.8) is 0 Å². The summed E-state index contributed by atoms with van der Waals surface area (Å²) in [6, 6.07) is 0. The van der Waals surface area contributed by atoms with Gasteiger partial charge in [0, 0.05) is 5.92 Å². The second-order valence-corrected chi connectivity index (χ2v) is 3.52. The van der Waals surface area contributed by atoms with Crippen LogP contribution in [0, 0.1) is 23.7 Å². The zero-order valence-corrected chi connectivity index (χ0v) is 8.33. The predicted octanol–water partition coefficient (Wildman–Crippen LogP) is 2.22. The zero-order chi connectivity index (χ0) is 9.56. The van der Waals surface area contributed by atoms with Crippen LogP contribution in [0.2, 0.25) is 0 Å². The molecule has 0 aliphatic rings. The molecule has 1 unspecified atom stereocenters. The van der Waals surface area contributed by atoms with Gasteiger partial charge in [-0.2, -0.15) is 0 Å². The minimum absolute atomic E-state index is 0.326. The van der Waals surface area contributed by atoms with Crippen molar-refractivity contribution in [1.29, 1.82) is 0 Å². The van der Waals surface area contributed by atoms with Gasteiger partial charge in [0.05, 0.1) is 0 Å². The van der Waals surface area contributed by atoms with E-state index in [9.17, 15) is 5.11 Å². The maximum absolute atomic E-state index is 9.29. The molecule has 0 fully saturated rings. The summed E-state index contributed by atoms with van der Waals surface area (Å²) in [5.74, 6) is 6.47. The Morgan fingerprint density at radius 2 is 1.58 bits per heavy atom. The lowest BCUT2D eigenvalue weighted by Gasteiger charge is -1.96. The molecule has 0 rings (SSSR count). The monoisotopic (exact) mass is 166 g/mol. The molecule has 0 aliphatic carbocycles. The molecule has 0 spiro atoms. The third kappa shape index (κ3) is 7.37. The molecule has 1 N–H and O–H groups in total. The maximum atomic E-state index is 9.29. The number of hydrogen-bond acceptors (Lipinski definition) is 1. The Kier molecular flexibility index (Phi) is 5.49. The molecule has 0 aliphatic heterocycles. The number of allylic oxidation sites excluding steroid dienone is 1. The molecule has 1 atom stereocenters. The van der Waals surface area contributed by atoms with Crippen molar-refractivity contribution >= 4 is 0 Å². The fraction of sp³-hybridized carbons (Fsp3) is 0.636. The lowest BCUT2D eigenvalue weighted by Crippen LogP contribution is -1.98. The van der Waals surface area contributed by atoms with E-state index < -0.39 is 6.10 Å².